The van der Waals surface area contributed by atoms with Gasteiger partial charge in [-0.15, -0.1) is 0 Å². The number of hydrogen-bond donors (Lipinski definition) is 4. The summed E-state index contributed by atoms with van der Waals surface area (Å²) in [7, 11) is 2.03. The molecule has 0 aliphatic heterocycles. The first-order valence-corrected chi connectivity index (χ1v) is 10.9. The quantitative estimate of drug-likeness (QED) is 0.256. The van der Waals surface area contributed by atoms with Crippen molar-refractivity contribution in [2.75, 3.05) is 14.2 Å². The lowest BCUT2D eigenvalue weighted by Gasteiger charge is -2.29. The van der Waals surface area contributed by atoms with Gasteiger partial charge in [0.25, 0.3) is 11.8 Å². The standard InChI is InChI=1S/C25H28N2O9/c1-14(17(24(33)35-2)25(34)36-3)18(23(31)32)26-22(30)20(28)19(15-10-6-4-7-11-15)27-21(29)16-12-8-5-9-13-16/h4-14,17-20,28H,1-3H3,(H,26,30)(H,27,29)(H,31,32)/t14-,18-,19-,20+/m0/s1. The Morgan fingerprint density at radius 2 is 1.31 bits per heavy atom. The van der Waals surface area contributed by atoms with E-state index in [0.29, 0.717) is 5.56 Å². The molecule has 0 saturated carbocycles. The van der Waals surface area contributed by atoms with Crippen LogP contribution in [0.5, 0.6) is 0 Å². The molecule has 36 heavy (non-hydrogen) atoms. The van der Waals surface area contributed by atoms with E-state index in [0.717, 1.165) is 14.2 Å². The predicted octanol–water partition coefficient (Wildman–Crippen LogP) is 0.686. The minimum Gasteiger partial charge on any atom is -0.480 e. The van der Waals surface area contributed by atoms with Crippen molar-refractivity contribution in [2.45, 2.75) is 25.1 Å². The maximum Gasteiger partial charge on any atom is 0.326 e. The first-order valence-electron chi connectivity index (χ1n) is 10.9. The normalized spacial score (nSPS) is 14.0. The first-order chi connectivity index (χ1) is 17.1. The van der Waals surface area contributed by atoms with Crippen molar-refractivity contribution in [3.05, 3.63) is 71.8 Å². The average Bonchev–Trinajstić information content (AvgIpc) is 2.90. The van der Waals surface area contributed by atoms with Crippen molar-refractivity contribution in [1.29, 1.82) is 0 Å². The molecule has 0 spiro atoms. The van der Waals surface area contributed by atoms with Gasteiger partial charge < -0.3 is 30.3 Å². The van der Waals surface area contributed by atoms with Gasteiger partial charge >= 0.3 is 17.9 Å². The predicted molar refractivity (Wildman–Crippen MR) is 125 cm³/mol. The summed E-state index contributed by atoms with van der Waals surface area (Å²) in [5, 5.41) is 25.4. The molecule has 0 fully saturated rings. The number of rotatable bonds is 11. The molecular weight excluding hydrogens is 472 g/mol. The molecule has 0 saturated heterocycles. The molecular formula is C25H28N2O9. The van der Waals surface area contributed by atoms with Gasteiger partial charge in [0.05, 0.1) is 20.3 Å². The molecule has 192 valence electrons. The Hall–Kier alpha value is -4.25. The largest absolute Gasteiger partial charge is 0.480 e. The Morgan fingerprint density at radius 1 is 0.806 bits per heavy atom. The van der Waals surface area contributed by atoms with Gasteiger partial charge in [0, 0.05) is 11.5 Å². The highest BCUT2D eigenvalue weighted by Gasteiger charge is 2.43. The number of carboxylic acids is 1. The fourth-order valence-corrected chi connectivity index (χ4v) is 3.60. The second kappa shape index (κ2) is 13.0. The van der Waals surface area contributed by atoms with Crippen LogP contribution in [0.2, 0.25) is 0 Å². The van der Waals surface area contributed by atoms with Gasteiger partial charge in [-0.25, -0.2) is 4.79 Å². The molecule has 2 rings (SSSR count). The molecule has 2 amide bonds. The van der Waals surface area contributed by atoms with E-state index < -0.39 is 59.7 Å². The van der Waals surface area contributed by atoms with E-state index >= 15 is 0 Å². The SMILES string of the molecule is COC(=O)C(C(=O)OC)[C@H](C)[C@H](NC(=O)[C@H](O)[C@@H](NC(=O)c1ccccc1)c1ccccc1)C(=O)O. The lowest BCUT2D eigenvalue weighted by atomic mass is 9.87. The zero-order valence-electron chi connectivity index (χ0n) is 19.9. The zero-order chi connectivity index (χ0) is 26.8. The van der Waals surface area contributed by atoms with Crippen molar-refractivity contribution in [3.8, 4) is 0 Å². The summed E-state index contributed by atoms with van der Waals surface area (Å²) < 4.78 is 9.16. The number of hydrogen-bond acceptors (Lipinski definition) is 8. The molecule has 0 unspecified atom stereocenters. The summed E-state index contributed by atoms with van der Waals surface area (Å²) >= 11 is 0. The Kier molecular flexibility index (Phi) is 10.1. The summed E-state index contributed by atoms with van der Waals surface area (Å²) in [4.78, 5) is 61.9. The Balaban J connectivity index is 2.32. The number of methoxy groups -OCH3 is 2. The third-order valence-electron chi connectivity index (χ3n) is 5.59. The van der Waals surface area contributed by atoms with Crippen LogP contribution in [0.15, 0.2) is 60.7 Å². The van der Waals surface area contributed by atoms with Crippen LogP contribution in [0.3, 0.4) is 0 Å². The molecule has 0 aliphatic rings. The first kappa shape index (κ1) is 28.0. The third kappa shape index (κ3) is 6.89. The number of nitrogens with one attached hydrogen (secondary N) is 2. The van der Waals surface area contributed by atoms with Crippen LogP contribution < -0.4 is 10.6 Å². The lowest BCUT2D eigenvalue weighted by Crippen LogP contribution is -2.54. The number of ether oxygens (including phenoxy) is 2. The molecule has 0 aromatic heterocycles. The highest BCUT2D eigenvalue weighted by Crippen LogP contribution is 2.22. The zero-order valence-corrected chi connectivity index (χ0v) is 19.9. The highest BCUT2D eigenvalue weighted by atomic mass is 16.5. The van der Waals surface area contributed by atoms with Gasteiger partial charge in [0.1, 0.15) is 6.04 Å². The smallest absolute Gasteiger partial charge is 0.326 e. The summed E-state index contributed by atoms with van der Waals surface area (Å²) in [5.74, 6) is -8.35. The van der Waals surface area contributed by atoms with Crippen molar-refractivity contribution >= 4 is 29.7 Å². The van der Waals surface area contributed by atoms with Crippen LogP contribution in [0.1, 0.15) is 28.9 Å². The summed E-state index contributed by atoms with van der Waals surface area (Å²) in [5.41, 5.74) is 0.661. The summed E-state index contributed by atoms with van der Waals surface area (Å²) in [6.45, 7) is 1.25. The van der Waals surface area contributed by atoms with Gasteiger partial charge in [0.2, 0.25) is 0 Å². The number of amides is 2. The number of carboxylic acid groups (broad SMARTS) is 1. The van der Waals surface area contributed by atoms with Crippen LogP contribution in [0, 0.1) is 11.8 Å². The second-order valence-corrected chi connectivity index (χ2v) is 7.88. The fourth-order valence-electron chi connectivity index (χ4n) is 3.60. The van der Waals surface area contributed by atoms with Crippen LogP contribution in [0.4, 0.5) is 0 Å². The monoisotopic (exact) mass is 500 g/mol. The van der Waals surface area contributed by atoms with E-state index in [9.17, 15) is 34.2 Å². The number of esters is 2. The van der Waals surface area contributed by atoms with Gasteiger partial charge in [-0.05, 0) is 17.7 Å². The van der Waals surface area contributed by atoms with Crippen LogP contribution >= 0.6 is 0 Å². The molecule has 0 bridgehead atoms. The fraction of sp³-hybridized carbons (Fsp3) is 0.320. The van der Waals surface area contributed by atoms with Crippen molar-refractivity contribution in [3.63, 3.8) is 0 Å². The number of aliphatic carboxylic acids is 1. The number of aliphatic hydroxyl groups is 1. The average molecular weight is 501 g/mol. The van der Waals surface area contributed by atoms with Gasteiger partial charge in [-0.1, -0.05) is 55.5 Å². The molecule has 0 radical (unpaired) electrons. The lowest BCUT2D eigenvalue weighted by molar-refractivity contribution is -0.163. The van der Waals surface area contributed by atoms with Gasteiger partial charge in [-0.3, -0.25) is 19.2 Å². The second-order valence-electron chi connectivity index (χ2n) is 7.88. The van der Waals surface area contributed by atoms with E-state index in [1.807, 2.05) is 0 Å². The molecule has 2 aromatic rings. The third-order valence-corrected chi connectivity index (χ3v) is 5.59. The Morgan fingerprint density at radius 3 is 1.78 bits per heavy atom. The summed E-state index contributed by atoms with van der Waals surface area (Å²) in [6, 6.07) is 13.2. The molecule has 11 nitrogen and oxygen atoms in total. The maximum absolute atomic E-state index is 13.0. The van der Waals surface area contributed by atoms with E-state index in [1.165, 1.54) is 6.92 Å². The van der Waals surface area contributed by atoms with E-state index in [4.69, 9.17) is 0 Å². The number of benzene rings is 2. The van der Waals surface area contributed by atoms with Crippen molar-refractivity contribution in [1.82, 2.24) is 10.6 Å². The van der Waals surface area contributed by atoms with Crippen LogP contribution in [-0.2, 0) is 28.7 Å². The van der Waals surface area contributed by atoms with E-state index in [-0.39, 0.29) is 5.56 Å². The number of carbonyl (C=O) groups excluding carboxylic acids is 4. The van der Waals surface area contributed by atoms with E-state index in [2.05, 4.69) is 20.1 Å². The van der Waals surface area contributed by atoms with Gasteiger partial charge in [-0.2, -0.15) is 0 Å². The molecule has 4 atom stereocenters. The molecule has 4 N–H and O–H groups in total. The Bertz CT molecular complexity index is 1060. The number of aliphatic hydroxyl groups excluding tert-OH is 1. The Labute approximate surface area is 207 Å². The van der Waals surface area contributed by atoms with Crippen molar-refractivity contribution in [2.24, 2.45) is 11.8 Å². The topological polar surface area (TPSA) is 168 Å². The van der Waals surface area contributed by atoms with Crippen molar-refractivity contribution < 1.29 is 43.7 Å². The van der Waals surface area contributed by atoms with Crippen LogP contribution in [-0.4, -0.2) is 66.3 Å². The van der Waals surface area contributed by atoms with E-state index in [1.54, 1.807) is 60.7 Å². The highest BCUT2D eigenvalue weighted by molar-refractivity contribution is 5.97. The maximum atomic E-state index is 13.0. The minimum absolute atomic E-state index is 0.280. The number of carbonyl (C=O) groups is 5. The van der Waals surface area contributed by atoms with Crippen LogP contribution in [0.25, 0.3) is 0 Å². The minimum atomic E-state index is -1.93. The molecule has 2 aromatic carbocycles. The molecule has 11 heteroatoms. The molecule has 0 aliphatic carbocycles. The summed E-state index contributed by atoms with van der Waals surface area (Å²) in [6.07, 6.45) is -1.93. The van der Waals surface area contributed by atoms with Gasteiger partial charge in [0.15, 0.2) is 12.0 Å². The molecule has 0 heterocycles.